The van der Waals surface area contributed by atoms with Crippen LogP contribution < -0.4 is 5.32 Å². The summed E-state index contributed by atoms with van der Waals surface area (Å²) < 4.78 is 1.22. The van der Waals surface area contributed by atoms with Crippen molar-refractivity contribution in [2.45, 2.75) is 38.3 Å². The van der Waals surface area contributed by atoms with Crippen molar-refractivity contribution < 1.29 is 0 Å². The highest BCUT2D eigenvalue weighted by Gasteiger charge is 2.40. The van der Waals surface area contributed by atoms with Gasteiger partial charge < -0.3 is 5.32 Å². The monoisotopic (exact) mass is 285 g/mol. The molecule has 0 bridgehead atoms. The summed E-state index contributed by atoms with van der Waals surface area (Å²) in [6, 6.07) is 3.06. The van der Waals surface area contributed by atoms with Crippen molar-refractivity contribution in [3.8, 4) is 0 Å². The number of halogens is 1. The van der Waals surface area contributed by atoms with Gasteiger partial charge in [-0.05, 0) is 59.5 Å². The number of hydrogen-bond acceptors (Lipinski definition) is 2. The van der Waals surface area contributed by atoms with E-state index in [9.17, 15) is 0 Å². The van der Waals surface area contributed by atoms with E-state index >= 15 is 0 Å². The van der Waals surface area contributed by atoms with E-state index in [-0.39, 0.29) is 0 Å². The van der Waals surface area contributed by atoms with Crippen molar-refractivity contribution in [3.05, 3.63) is 20.8 Å². The zero-order chi connectivity index (χ0) is 10.3. The van der Waals surface area contributed by atoms with Crippen molar-refractivity contribution >= 4 is 27.3 Å². The summed E-state index contributed by atoms with van der Waals surface area (Å²) >= 11 is 5.35. The van der Waals surface area contributed by atoms with E-state index in [1.807, 2.05) is 11.3 Å². The third-order valence-electron chi connectivity index (χ3n) is 3.39. The molecule has 0 saturated heterocycles. The topological polar surface area (TPSA) is 12.0 Å². The molecule has 1 N–H and O–H groups in total. The third-order valence-corrected chi connectivity index (χ3v) is 5.09. The Hall–Kier alpha value is 0.140. The number of thiophene rings is 1. The highest BCUT2D eigenvalue weighted by atomic mass is 79.9. The molecule has 0 atom stereocenters. The summed E-state index contributed by atoms with van der Waals surface area (Å²) in [6.07, 6.45) is 5.84. The van der Waals surface area contributed by atoms with Crippen molar-refractivity contribution in [2.24, 2.45) is 11.8 Å². The van der Waals surface area contributed by atoms with Crippen molar-refractivity contribution in [2.75, 3.05) is 0 Å². The molecule has 0 spiro atoms. The molecule has 1 heterocycles. The van der Waals surface area contributed by atoms with Gasteiger partial charge in [0, 0.05) is 27.3 Å². The third kappa shape index (κ3) is 2.63. The van der Waals surface area contributed by atoms with Crippen molar-refractivity contribution in [1.29, 1.82) is 0 Å². The lowest BCUT2D eigenvalue weighted by Crippen LogP contribution is -2.32. The second-order valence-electron chi connectivity index (χ2n) is 4.81. The first-order valence-electron chi connectivity index (χ1n) is 5.79. The Morgan fingerprint density at radius 3 is 2.47 bits per heavy atom. The predicted octanol–water partition coefficient (Wildman–Crippen LogP) is 3.79. The first kappa shape index (κ1) is 10.3. The highest BCUT2D eigenvalue weighted by Crippen LogP contribution is 2.44. The van der Waals surface area contributed by atoms with Crippen LogP contribution in [0.1, 0.15) is 30.6 Å². The van der Waals surface area contributed by atoms with Crippen LogP contribution in [0.15, 0.2) is 15.9 Å². The maximum absolute atomic E-state index is 3.76. The lowest BCUT2D eigenvalue weighted by atomic mass is 10.1. The Labute approximate surface area is 103 Å². The summed E-state index contributed by atoms with van der Waals surface area (Å²) in [6.45, 7) is 1.06. The summed E-state index contributed by atoms with van der Waals surface area (Å²) in [5.74, 6) is 2.00. The molecular weight excluding hydrogens is 270 g/mol. The molecule has 0 unspecified atom stereocenters. The molecule has 1 aromatic rings. The molecular formula is C12H16BrNS. The summed E-state index contributed by atoms with van der Waals surface area (Å²) in [5.41, 5.74) is 0. The summed E-state index contributed by atoms with van der Waals surface area (Å²) in [4.78, 5) is 1.45. The minimum Gasteiger partial charge on any atom is -0.309 e. The lowest BCUT2D eigenvalue weighted by Gasteiger charge is -2.16. The van der Waals surface area contributed by atoms with Crippen LogP contribution in [-0.2, 0) is 6.54 Å². The number of rotatable bonds is 5. The van der Waals surface area contributed by atoms with Crippen LogP contribution in [0.3, 0.4) is 0 Å². The fourth-order valence-corrected chi connectivity index (χ4v) is 3.70. The number of hydrogen-bond donors (Lipinski definition) is 1. The average molecular weight is 286 g/mol. The van der Waals surface area contributed by atoms with E-state index in [1.54, 1.807) is 0 Å². The van der Waals surface area contributed by atoms with Gasteiger partial charge in [0.05, 0.1) is 0 Å². The van der Waals surface area contributed by atoms with Crippen LogP contribution in [0.2, 0.25) is 0 Å². The van der Waals surface area contributed by atoms with Gasteiger partial charge >= 0.3 is 0 Å². The minimum atomic E-state index is 0.825. The van der Waals surface area contributed by atoms with Crippen LogP contribution in [-0.4, -0.2) is 6.04 Å². The molecule has 0 aromatic carbocycles. The van der Waals surface area contributed by atoms with E-state index < -0.39 is 0 Å². The van der Waals surface area contributed by atoms with E-state index in [0.717, 1.165) is 24.4 Å². The van der Waals surface area contributed by atoms with Gasteiger partial charge in [0.1, 0.15) is 0 Å². The molecule has 2 aliphatic rings. The Morgan fingerprint density at radius 1 is 1.33 bits per heavy atom. The average Bonchev–Trinajstić information content (AvgIpc) is 3.09. The fourth-order valence-electron chi connectivity index (χ4n) is 2.29. The molecule has 82 valence electrons. The smallest absolute Gasteiger partial charge is 0.0302 e. The van der Waals surface area contributed by atoms with Gasteiger partial charge in [-0.3, -0.25) is 0 Å². The molecule has 2 saturated carbocycles. The fraction of sp³-hybridized carbons (Fsp3) is 0.667. The molecule has 1 aromatic heterocycles. The van der Waals surface area contributed by atoms with Gasteiger partial charge in [-0.15, -0.1) is 11.3 Å². The second-order valence-corrected chi connectivity index (χ2v) is 6.72. The minimum absolute atomic E-state index is 0.825. The Kier molecular flexibility index (Phi) is 2.88. The zero-order valence-corrected chi connectivity index (χ0v) is 11.1. The quantitative estimate of drug-likeness (QED) is 0.868. The number of nitrogens with one attached hydrogen (secondary N) is 1. The van der Waals surface area contributed by atoms with Gasteiger partial charge in [0.25, 0.3) is 0 Å². The molecule has 0 aliphatic heterocycles. The summed E-state index contributed by atoms with van der Waals surface area (Å²) in [5, 5.41) is 5.93. The lowest BCUT2D eigenvalue weighted by molar-refractivity contribution is 0.417. The van der Waals surface area contributed by atoms with Crippen molar-refractivity contribution in [1.82, 2.24) is 5.32 Å². The van der Waals surface area contributed by atoms with E-state index in [0.29, 0.717) is 0 Å². The normalized spacial score (nSPS) is 21.2. The van der Waals surface area contributed by atoms with Gasteiger partial charge in [0.2, 0.25) is 0 Å². The van der Waals surface area contributed by atoms with Crippen LogP contribution in [0.5, 0.6) is 0 Å². The molecule has 2 fully saturated rings. The Morgan fingerprint density at radius 2 is 2.00 bits per heavy atom. The van der Waals surface area contributed by atoms with Crippen LogP contribution in [0.25, 0.3) is 0 Å². The first-order chi connectivity index (χ1) is 7.33. The SMILES string of the molecule is Brc1csc(CNC(C2CC2)C2CC2)c1. The molecule has 3 heteroatoms. The van der Waals surface area contributed by atoms with E-state index in [4.69, 9.17) is 0 Å². The highest BCUT2D eigenvalue weighted by molar-refractivity contribution is 9.10. The maximum atomic E-state index is 3.76. The predicted molar refractivity (Wildman–Crippen MR) is 68.1 cm³/mol. The molecule has 3 rings (SSSR count). The van der Waals surface area contributed by atoms with Gasteiger partial charge in [-0.2, -0.15) is 0 Å². The van der Waals surface area contributed by atoms with Crippen LogP contribution in [0, 0.1) is 11.8 Å². The van der Waals surface area contributed by atoms with Gasteiger partial charge in [-0.1, -0.05) is 0 Å². The Bertz CT molecular complexity index is 329. The van der Waals surface area contributed by atoms with Gasteiger partial charge in [-0.25, -0.2) is 0 Å². The second kappa shape index (κ2) is 4.19. The van der Waals surface area contributed by atoms with E-state index in [1.165, 1.54) is 35.0 Å². The summed E-state index contributed by atoms with van der Waals surface area (Å²) in [7, 11) is 0. The largest absolute Gasteiger partial charge is 0.309 e. The van der Waals surface area contributed by atoms with Crippen LogP contribution >= 0.6 is 27.3 Å². The molecule has 0 amide bonds. The molecule has 0 radical (unpaired) electrons. The molecule has 2 aliphatic carbocycles. The van der Waals surface area contributed by atoms with E-state index in [2.05, 4.69) is 32.7 Å². The Balaban J connectivity index is 1.55. The van der Waals surface area contributed by atoms with Gasteiger partial charge in [0.15, 0.2) is 0 Å². The zero-order valence-electron chi connectivity index (χ0n) is 8.71. The molecule has 15 heavy (non-hydrogen) atoms. The standard InChI is InChI=1S/C12H16BrNS/c13-10-5-11(15-7-10)6-14-12(8-1-2-8)9-3-4-9/h5,7-9,12,14H,1-4,6H2. The van der Waals surface area contributed by atoms with Crippen molar-refractivity contribution in [3.63, 3.8) is 0 Å². The van der Waals surface area contributed by atoms with Crippen LogP contribution in [0.4, 0.5) is 0 Å². The maximum Gasteiger partial charge on any atom is 0.0302 e. The first-order valence-corrected chi connectivity index (χ1v) is 7.46. The molecule has 1 nitrogen and oxygen atoms in total.